The van der Waals surface area contributed by atoms with Crippen molar-refractivity contribution in [1.82, 2.24) is 5.32 Å². The molecular formula is C11H11ClN2O6. The molecule has 0 saturated heterocycles. The Morgan fingerprint density at radius 3 is 2.65 bits per heavy atom. The number of hydrogen-bond acceptors (Lipinski definition) is 5. The molecule has 1 unspecified atom stereocenters. The summed E-state index contributed by atoms with van der Waals surface area (Å²) in [4.78, 5) is 32.2. The van der Waals surface area contributed by atoms with E-state index in [0.717, 1.165) is 6.07 Å². The van der Waals surface area contributed by atoms with Crippen molar-refractivity contribution in [1.29, 1.82) is 0 Å². The third-order valence-electron chi connectivity index (χ3n) is 2.39. The van der Waals surface area contributed by atoms with E-state index in [1.165, 1.54) is 12.1 Å². The number of hydrogen-bond donors (Lipinski definition) is 3. The van der Waals surface area contributed by atoms with Crippen LogP contribution in [-0.2, 0) is 4.79 Å². The predicted octanol–water partition coefficient (Wildman–Crippen LogP) is 0.814. The number of carboxylic acids is 1. The number of benzene rings is 1. The fraction of sp³-hybridized carbons (Fsp3) is 0.273. The van der Waals surface area contributed by atoms with E-state index in [-0.39, 0.29) is 23.6 Å². The number of rotatable bonds is 6. The van der Waals surface area contributed by atoms with Gasteiger partial charge < -0.3 is 15.5 Å². The van der Waals surface area contributed by atoms with Crippen LogP contribution in [0.4, 0.5) is 5.69 Å². The summed E-state index contributed by atoms with van der Waals surface area (Å²) < 4.78 is 0. The lowest BCUT2D eigenvalue weighted by Crippen LogP contribution is -2.30. The fourth-order valence-electron chi connectivity index (χ4n) is 1.39. The topological polar surface area (TPSA) is 130 Å². The largest absolute Gasteiger partial charge is 0.479 e. The van der Waals surface area contributed by atoms with E-state index >= 15 is 0 Å². The molecule has 20 heavy (non-hydrogen) atoms. The van der Waals surface area contributed by atoms with E-state index in [9.17, 15) is 19.7 Å². The zero-order chi connectivity index (χ0) is 15.3. The third kappa shape index (κ3) is 4.18. The van der Waals surface area contributed by atoms with Gasteiger partial charge >= 0.3 is 5.97 Å². The maximum absolute atomic E-state index is 11.7. The van der Waals surface area contributed by atoms with Crippen LogP contribution in [0.2, 0.25) is 5.02 Å². The van der Waals surface area contributed by atoms with Crippen LogP contribution in [0.3, 0.4) is 0 Å². The zero-order valence-corrected chi connectivity index (χ0v) is 10.8. The summed E-state index contributed by atoms with van der Waals surface area (Å²) in [5, 5.41) is 30.7. The molecule has 0 aliphatic rings. The number of halogens is 1. The summed E-state index contributed by atoms with van der Waals surface area (Å²) in [5.74, 6) is -2.15. The molecule has 3 N–H and O–H groups in total. The van der Waals surface area contributed by atoms with Gasteiger partial charge in [-0.15, -0.1) is 0 Å². The number of carbonyl (C=O) groups excluding carboxylic acids is 1. The number of nitrogens with zero attached hydrogens (tertiary/aromatic N) is 1. The monoisotopic (exact) mass is 302 g/mol. The van der Waals surface area contributed by atoms with E-state index in [1.807, 2.05) is 0 Å². The van der Waals surface area contributed by atoms with Crippen LogP contribution in [-0.4, -0.2) is 39.7 Å². The molecule has 0 saturated carbocycles. The van der Waals surface area contributed by atoms with Crippen molar-refractivity contribution in [2.45, 2.75) is 12.5 Å². The summed E-state index contributed by atoms with van der Waals surface area (Å²) in [6.45, 7) is -0.133. The molecule has 8 nitrogen and oxygen atoms in total. The van der Waals surface area contributed by atoms with Crippen molar-refractivity contribution >= 4 is 29.2 Å². The van der Waals surface area contributed by atoms with Crippen LogP contribution < -0.4 is 5.32 Å². The summed E-state index contributed by atoms with van der Waals surface area (Å²) in [5.41, 5.74) is -0.641. The molecule has 0 fully saturated rings. The van der Waals surface area contributed by atoms with Gasteiger partial charge in [0.1, 0.15) is 5.56 Å². The summed E-state index contributed by atoms with van der Waals surface area (Å²) in [7, 11) is 0. The van der Waals surface area contributed by atoms with Gasteiger partial charge in [-0.2, -0.15) is 0 Å². The lowest BCUT2D eigenvalue weighted by Gasteiger charge is -2.07. The summed E-state index contributed by atoms with van der Waals surface area (Å²) >= 11 is 5.61. The molecule has 0 radical (unpaired) electrons. The van der Waals surface area contributed by atoms with Crippen molar-refractivity contribution in [3.8, 4) is 0 Å². The fourth-order valence-corrected chi connectivity index (χ4v) is 1.56. The van der Waals surface area contributed by atoms with E-state index < -0.39 is 28.6 Å². The van der Waals surface area contributed by atoms with Crippen molar-refractivity contribution < 1.29 is 24.7 Å². The highest BCUT2D eigenvalue weighted by Crippen LogP contribution is 2.23. The summed E-state index contributed by atoms with van der Waals surface area (Å²) in [6.07, 6.45) is -1.81. The minimum atomic E-state index is -1.60. The van der Waals surface area contributed by atoms with Gasteiger partial charge in [0, 0.05) is 24.1 Å². The smallest absolute Gasteiger partial charge is 0.332 e. The first-order chi connectivity index (χ1) is 9.32. The Bertz CT molecular complexity index is 548. The molecule has 1 rings (SSSR count). The van der Waals surface area contributed by atoms with Crippen molar-refractivity contribution in [3.63, 3.8) is 0 Å². The number of nitro benzene ring substituents is 1. The molecule has 1 atom stereocenters. The number of nitrogens with one attached hydrogen (secondary N) is 1. The molecule has 0 bridgehead atoms. The Morgan fingerprint density at radius 2 is 2.10 bits per heavy atom. The molecule has 0 heterocycles. The van der Waals surface area contributed by atoms with Crippen LogP contribution in [0.15, 0.2) is 18.2 Å². The molecule has 0 aliphatic heterocycles. The minimum Gasteiger partial charge on any atom is -0.479 e. The average molecular weight is 303 g/mol. The van der Waals surface area contributed by atoms with Crippen LogP contribution in [0.1, 0.15) is 16.8 Å². The highest BCUT2D eigenvalue weighted by atomic mass is 35.5. The Morgan fingerprint density at radius 1 is 1.45 bits per heavy atom. The Kier molecular flexibility index (Phi) is 5.42. The molecule has 1 amide bonds. The van der Waals surface area contributed by atoms with Crippen LogP contribution >= 0.6 is 11.6 Å². The van der Waals surface area contributed by atoms with Crippen LogP contribution in [0.5, 0.6) is 0 Å². The van der Waals surface area contributed by atoms with E-state index in [4.69, 9.17) is 21.8 Å². The Balaban J connectivity index is 2.73. The molecular weight excluding hydrogens is 292 g/mol. The number of aliphatic carboxylic acids is 1. The molecule has 9 heteroatoms. The van der Waals surface area contributed by atoms with Gasteiger partial charge in [0.15, 0.2) is 6.10 Å². The van der Waals surface area contributed by atoms with Gasteiger partial charge in [-0.1, -0.05) is 11.6 Å². The maximum atomic E-state index is 11.7. The quantitative estimate of drug-likeness (QED) is 0.526. The number of aliphatic hydroxyl groups excluding tert-OH is 1. The van der Waals surface area contributed by atoms with Crippen molar-refractivity contribution in [2.24, 2.45) is 0 Å². The lowest BCUT2D eigenvalue weighted by molar-refractivity contribution is -0.385. The highest BCUT2D eigenvalue weighted by molar-refractivity contribution is 6.31. The van der Waals surface area contributed by atoms with E-state index in [1.54, 1.807) is 0 Å². The second kappa shape index (κ2) is 6.83. The first kappa shape index (κ1) is 15.9. The second-order valence-electron chi connectivity index (χ2n) is 3.82. The van der Waals surface area contributed by atoms with E-state index in [2.05, 4.69) is 5.32 Å². The van der Waals surface area contributed by atoms with Gasteiger partial charge in [-0.3, -0.25) is 14.9 Å². The Hall–Kier alpha value is -2.19. The predicted molar refractivity (Wildman–Crippen MR) is 68.7 cm³/mol. The highest BCUT2D eigenvalue weighted by Gasteiger charge is 2.21. The summed E-state index contributed by atoms with van der Waals surface area (Å²) in [6, 6.07) is 3.57. The third-order valence-corrected chi connectivity index (χ3v) is 2.62. The van der Waals surface area contributed by atoms with Crippen molar-refractivity contribution in [2.75, 3.05) is 6.54 Å². The average Bonchev–Trinajstić information content (AvgIpc) is 2.37. The van der Waals surface area contributed by atoms with Gasteiger partial charge in [0.05, 0.1) is 4.92 Å². The van der Waals surface area contributed by atoms with Crippen molar-refractivity contribution in [3.05, 3.63) is 38.9 Å². The maximum Gasteiger partial charge on any atom is 0.332 e. The number of amides is 1. The number of carbonyl (C=O) groups is 2. The van der Waals surface area contributed by atoms with Gasteiger partial charge in [-0.25, -0.2) is 4.79 Å². The molecule has 0 aliphatic carbocycles. The molecule has 1 aromatic carbocycles. The van der Waals surface area contributed by atoms with Crippen LogP contribution in [0, 0.1) is 10.1 Å². The standard InChI is InChI=1S/C11H11ClN2O6/c12-6-1-2-7(8(5-6)14(19)20)10(16)13-4-3-9(15)11(17)18/h1-2,5,9,15H,3-4H2,(H,13,16)(H,17,18). The Labute approximate surface area is 118 Å². The van der Waals surface area contributed by atoms with Gasteiger partial charge in [0.2, 0.25) is 0 Å². The minimum absolute atomic E-state index is 0.120. The number of aliphatic hydroxyl groups is 1. The zero-order valence-electron chi connectivity index (χ0n) is 10.1. The normalized spacial score (nSPS) is 11.7. The lowest BCUT2D eigenvalue weighted by atomic mass is 10.1. The second-order valence-corrected chi connectivity index (χ2v) is 4.25. The molecule has 1 aromatic rings. The molecule has 0 spiro atoms. The first-order valence-corrected chi connectivity index (χ1v) is 5.83. The van der Waals surface area contributed by atoms with E-state index in [0.29, 0.717) is 0 Å². The SMILES string of the molecule is O=C(NCCC(O)C(=O)O)c1ccc(Cl)cc1[N+](=O)[O-]. The number of carboxylic acid groups (broad SMARTS) is 1. The number of nitro groups is 1. The van der Waals surface area contributed by atoms with Gasteiger partial charge in [0.25, 0.3) is 11.6 Å². The molecule has 108 valence electrons. The first-order valence-electron chi connectivity index (χ1n) is 5.46. The molecule has 0 aromatic heterocycles. The van der Waals surface area contributed by atoms with Gasteiger partial charge in [-0.05, 0) is 12.1 Å². The van der Waals surface area contributed by atoms with Crippen LogP contribution in [0.25, 0.3) is 0 Å².